The molecule has 0 radical (unpaired) electrons. The molecule has 1 nitrogen and oxygen atoms in total. The maximum absolute atomic E-state index is 14.8. The summed E-state index contributed by atoms with van der Waals surface area (Å²) in [6.45, 7) is 4.74. The van der Waals surface area contributed by atoms with E-state index >= 15 is 0 Å². The summed E-state index contributed by atoms with van der Waals surface area (Å²) in [5.41, 5.74) is 0. The molecule has 0 heterocycles. The quantitative estimate of drug-likeness (QED) is 0.290. The van der Waals surface area contributed by atoms with Crippen LogP contribution in [0.15, 0.2) is 30.3 Å². The van der Waals surface area contributed by atoms with E-state index in [4.69, 9.17) is 4.74 Å². The van der Waals surface area contributed by atoms with Crippen molar-refractivity contribution >= 4 is 0 Å². The second kappa shape index (κ2) is 14.0. The third kappa shape index (κ3) is 8.97. The van der Waals surface area contributed by atoms with E-state index in [0.29, 0.717) is 12.3 Å². The van der Waals surface area contributed by atoms with E-state index in [2.05, 4.69) is 13.8 Å². The van der Waals surface area contributed by atoms with Crippen molar-refractivity contribution in [2.45, 2.75) is 103 Å². The Kier molecular flexibility index (Phi) is 11.6. The molecule has 1 aliphatic carbocycles. The van der Waals surface area contributed by atoms with Gasteiger partial charge in [0.2, 0.25) is 0 Å². The summed E-state index contributed by atoms with van der Waals surface area (Å²) in [7, 11) is 0. The number of para-hydroxylation sites is 1. The van der Waals surface area contributed by atoms with Crippen LogP contribution in [0.5, 0.6) is 5.75 Å². The summed E-state index contributed by atoms with van der Waals surface area (Å²) in [5.74, 6) is 2.98. The van der Waals surface area contributed by atoms with Gasteiger partial charge in [0.15, 0.2) is 0 Å². The monoisotopic (exact) mass is 390 g/mol. The molecule has 0 aliphatic heterocycles. The number of unbranched alkanes of at least 4 members (excludes halogenated alkanes) is 4. The Hall–Kier alpha value is -1.05. The fraction of sp³-hybridized carbons (Fsp3) is 0.769. The van der Waals surface area contributed by atoms with Gasteiger partial charge in [-0.25, -0.2) is 4.39 Å². The van der Waals surface area contributed by atoms with Crippen LogP contribution in [0.3, 0.4) is 0 Å². The number of hydrogen-bond donors (Lipinski definition) is 0. The molecule has 0 amide bonds. The van der Waals surface area contributed by atoms with Crippen molar-refractivity contribution in [2.75, 3.05) is 6.61 Å². The molecule has 1 saturated carbocycles. The molecule has 160 valence electrons. The third-order valence-corrected chi connectivity index (χ3v) is 6.69. The maximum Gasteiger partial charge on any atom is 0.134 e. The first-order chi connectivity index (χ1) is 13.7. The molecule has 2 atom stereocenters. The molecule has 1 aliphatic rings. The molecule has 2 rings (SSSR count). The molecule has 0 spiro atoms. The molecule has 0 bridgehead atoms. The third-order valence-electron chi connectivity index (χ3n) is 6.69. The Morgan fingerprint density at radius 2 is 1.64 bits per heavy atom. The van der Waals surface area contributed by atoms with Gasteiger partial charge in [0, 0.05) is 0 Å². The SMILES string of the molecule is CCCCCCC(CC(F)COc1ccccc1)C1CCC(CCCC)CC1. The average Bonchev–Trinajstić information content (AvgIpc) is 2.74. The molecule has 1 fully saturated rings. The zero-order valence-corrected chi connectivity index (χ0v) is 18.4. The molecule has 28 heavy (non-hydrogen) atoms. The van der Waals surface area contributed by atoms with Gasteiger partial charge in [0.25, 0.3) is 0 Å². The van der Waals surface area contributed by atoms with E-state index < -0.39 is 6.17 Å². The zero-order valence-electron chi connectivity index (χ0n) is 18.4. The number of halogens is 1. The highest BCUT2D eigenvalue weighted by molar-refractivity contribution is 5.20. The predicted molar refractivity (Wildman–Crippen MR) is 119 cm³/mol. The lowest BCUT2D eigenvalue weighted by molar-refractivity contribution is 0.118. The van der Waals surface area contributed by atoms with Gasteiger partial charge < -0.3 is 4.74 Å². The van der Waals surface area contributed by atoms with E-state index in [1.54, 1.807) is 0 Å². The molecule has 1 aromatic rings. The standard InChI is InChI=1S/C26H43FO/c1-3-5-7-9-13-24(23-18-16-22(17-19-23)12-6-4-2)20-25(27)21-28-26-14-10-8-11-15-26/h8,10-11,14-15,22-25H,3-7,9,12-13,16-21H2,1-2H3. The fourth-order valence-electron chi connectivity index (χ4n) is 4.92. The highest BCUT2D eigenvalue weighted by Crippen LogP contribution is 2.39. The minimum absolute atomic E-state index is 0.196. The minimum atomic E-state index is -0.853. The van der Waals surface area contributed by atoms with E-state index in [0.717, 1.165) is 17.6 Å². The highest BCUT2D eigenvalue weighted by atomic mass is 19.1. The number of ether oxygens (including phenoxy) is 1. The summed E-state index contributed by atoms with van der Waals surface area (Å²) in [6.07, 6.45) is 15.6. The summed E-state index contributed by atoms with van der Waals surface area (Å²) in [5, 5.41) is 0. The van der Waals surface area contributed by atoms with Crippen molar-refractivity contribution in [3.63, 3.8) is 0 Å². The van der Waals surface area contributed by atoms with E-state index in [9.17, 15) is 4.39 Å². The number of rotatable bonds is 14. The lowest BCUT2D eigenvalue weighted by Gasteiger charge is -2.35. The van der Waals surface area contributed by atoms with Crippen molar-refractivity contribution in [2.24, 2.45) is 17.8 Å². The smallest absolute Gasteiger partial charge is 0.134 e. The first-order valence-electron chi connectivity index (χ1n) is 12.0. The molecule has 1 aromatic carbocycles. The Morgan fingerprint density at radius 3 is 2.32 bits per heavy atom. The highest BCUT2D eigenvalue weighted by Gasteiger charge is 2.29. The van der Waals surface area contributed by atoms with Crippen molar-refractivity contribution in [3.8, 4) is 5.75 Å². The van der Waals surface area contributed by atoms with Crippen molar-refractivity contribution in [3.05, 3.63) is 30.3 Å². The summed E-state index contributed by atoms with van der Waals surface area (Å²) >= 11 is 0. The van der Waals surface area contributed by atoms with Gasteiger partial charge in [-0.1, -0.05) is 96.3 Å². The molecule has 2 unspecified atom stereocenters. The molecule has 2 heteroatoms. The van der Waals surface area contributed by atoms with Gasteiger partial charge in [-0.2, -0.15) is 0 Å². The van der Waals surface area contributed by atoms with Crippen LogP contribution >= 0.6 is 0 Å². The predicted octanol–water partition coefficient (Wildman–Crippen LogP) is 8.38. The average molecular weight is 391 g/mol. The van der Waals surface area contributed by atoms with Crippen LogP contribution in [0.4, 0.5) is 4.39 Å². The van der Waals surface area contributed by atoms with Crippen molar-refractivity contribution in [1.29, 1.82) is 0 Å². The van der Waals surface area contributed by atoms with Crippen molar-refractivity contribution in [1.82, 2.24) is 0 Å². The fourth-order valence-corrected chi connectivity index (χ4v) is 4.92. The van der Waals surface area contributed by atoms with E-state index in [1.165, 1.54) is 77.0 Å². The molecule has 0 saturated heterocycles. The van der Waals surface area contributed by atoms with E-state index in [1.807, 2.05) is 30.3 Å². The van der Waals surface area contributed by atoms with Crippen LogP contribution < -0.4 is 4.74 Å². The summed E-state index contributed by atoms with van der Waals surface area (Å²) in [4.78, 5) is 0. The van der Waals surface area contributed by atoms with Crippen LogP contribution in [0.2, 0.25) is 0 Å². The lowest BCUT2D eigenvalue weighted by Crippen LogP contribution is -2.26. The largest absolute Gasteiger partial charge is 0.491 e. The molecule has 0 aromatic heterocycles. The van der Waals surface area contributed by atoms with Gasteiger partial charge in [-0.3, -0.25) is 0 Å². The lowest BCUT2D eigenvalue weighted by atomic mass is 9.72. The Bertz CT molecular complexity index is 480. The molecular formula is C26H43FO. The Labute approximate surface area is 173 Å². The molecule has 0 N–H and O–H groups in total. The second-order valence-corrected chi connectivity index (χ2v) is 8.99. The number of alkyl halides is 1. The number of benzene rings is 1. The molecular weight excluding hydrogens is 347 g/mol. The normalized spacial score (nSPS) is 22.0. The van der Waals surface area contributed by atoms with Crippen LogP contribution in [0.1, 0.15) is 97.3 Å². The van der Waals surface area contributed by atoms with Crippen LogP contribution in [0.25, 0.3) is 0 Å². The summed E-state index contributed by atoms with van der Waals surface area (Å²) < 4.78 is 20.5. The van der Waals surface area contributed by atoms with Crippen LogP contribution in [0, 0.1) is 17.8 Å². The number of hydrogen-bond acceptors (Lipinski definition) is 1. The topological polar surface area (TPSA) is 9.23 Å². The van der Waals surface area contributed by atoms with Crippen molar-refractivity contribution < 1.29 is 9.13 Å². The zero-order chi connectivity index (χ0) is 20.0. The van der Waals surface area contributed by atoms with Gasteiger partial charge in [-0.15, -0.1) is 0 Å². The van der Waals surface area contributed by atoms with Gasteiger partial charge in [0.05, 0.1) is 0 Å². The van der Waals surface area contributed by atoms with E-state index in [-0.39, 0.29) is 6.61 Å². The first-order valence-corrected chi connectivity index (χ1v) is 12.0. The second-order valence-electron chi connectivity index (χ2n) is 8.99. The van der Waals surface area contributed by atoms with Crippen LogP contribution in [-0.4, -0.2) is 12.8 Å². The summed E-state index contributed by atoms with van der Waals surface area (Å²) in [6, 6.07) is 9.66. The van der Waals surface area contributed by atoms with Gasteiger partial charge in [-0.05, 0) is 49.1 Å². The first kappa shape index (κ1) is 23.2. The van der Waals surface area contributed by atoms with Gasteiger partial charge >= 0.3 is 0 Å². The Morgan fingerprint density at radius 1 is 0.929 bits per heavy atom. The Balaban J connectivity index is 1.80. The maximum atomic E-state index is 14.8. The minimum Gasteiger partial charge on any atom is -0.491 e. The van der Waals surface area contributed by atoms with Crippen LogP contribution in [-0.2, 0) is 0 Å². The van der Waals surface area contributed by atoms with Gasteiger partial charge in [0.1, 0.15) is 18.5 Å².